The Balaban J connectivity index is 1.20. The molecule has 2 fully saturated rings. The first-order valence-electron chi connectivity index (χ1n) is 13.9. The lowest BCUT2D eigenvalue weighted by Crippen LogP contribution is -2.32. The molecule has 206 valence electrons. The van der Waals surface area contributed by atoms with E-state index in [0.29, 0.717) is 17.5 Å². The van der Waals surface area contributed by atoms with E-state index in [1.165, 1.54) is 6.42 Å². The third-order valence-corrected chi connectivity index (χ3v) is 7.90. The molecule has 3 aromatic carbocycles. The highest BCUT2D eigenvalue weighted by Crippen LogP contribution is 2.34. The van der Waals surface area contributed by atoms with Crippen LogP contribution < -0.4 is 15.4 Å². The molecule has 3 heterocycles. The number of nitrogens with one attached hydrogen (secondary N) is 2. The number of hydrogen-bond acceptors (Lipinski definition) is 5. The number of rotatable bonds is 6. The summed E-state index contributed by atoms with van der Waals surface area (Å²) in [5.41, 5.74) is 5.55. The van der Waals surface area contributed by atoms with E-state index in [9.17, 15) is 4.79 Å². The average Bonchev–Trinajstić information content (AvgIpc) is 3.56. The van der Waals surface area contributed by atoms with Crippen molar-refractivity contribution in [1.29, 1.82) is 0 Å². The highest BCUT2D eigenvalue weighted by molar-refractivity contribution is 6.07. The van der Waals surface area contributed by atoms with Crippen molar-refractivity contribution in [3.05, 3.63) is 84.2 Å². The third kappa shape index (κ3) is 5.40. The van der Waals surface area contributed by atoms with Crippen LogP contribution in [0.5, 0.6) is 5.75 Å². The van der Waals surface area contributed by atoms with Crippen molar-refractivity contribution in [2.75, 3.05) is 24.3 Å². The van der Waals surface area contributed by atoms with Crippen LogP contribution >= 0.6 is 0 Å². The lowest BCUT2D eigenvalue weighted by atomic mass is 9.87. The molecule has 2 N–H and O–H groups in total. The summed E-state index contributed by atoms with van der Waals surface area (Å²) in [4.78, 5) is 20.3. The zero-order valence-corrected chi connectivity index (χ0v) is 23.5. The molecule has 6 rings (SSSR count). The molecule has 0 saturated carbocycles. The minimum atomic E-state index is -0.326. The van der Waals surface area contributed by atoms with Crippen LogP contribution in [0.2, 0.25) is 0 Å². The van der Waals surface area contributed by atoms with E-state index in [1.54, 1.807) is 7.11 Å². The van der Waals surface area contributed by atoms with Gasteiger partial charge in [-0.3, -0.25) is 9.88 Å². The Morgan fingerprint density at radius 2 is 1.82 bits per heavy atom. The summed E-state index contributed by atoms with van der Waals surface area (Å²) in [6.07, 6.45) is 4.86. The first-order chi connectivity index (χ1) is 19.3. The van der Waals surface area contributed by atoms with Crippen molar-refractivity contribution in [2.24, 2.45) is 0 Å². The van der Waals surface area contributed by atoms with Crippen LogP contribution in [-0.4, -0.2) is 41.9 Å². The van der Waals surface area contributed by atoms with Gasteiger partial charge in [0, 0.05) is 30.2 Å². The van der Waals surface area contributed by atoms with Crippen LogP contribution in [0.4, 0.5) is 16.2 Å². The Hall–Kier alpha value is -3.94. The van der Waals surface area contributed by atoms with Gasteiger partial charge in [0.25, 0.3) is 0 Å². The molecule has 1 aromatic heterocycles. The second kappa shape index (κ2) is 10.6. The normalized spacial score (nSPS) is 18.7. The highest BCUT2D eigenvalue weighted by atomic mass is 16.5. The van der Waals surface area contributed by atoms with E-state index >= 15 is 0 Å². The van der Waals surface area contributed by atoms with Gasteiger partial charge in [-0.05, 0) is 65.1 Å². The molecule has 2 aliphatic rings. The molecule has 2 saturated heterocycles. The zero-order valence-electron chi connectivity index (χ0n) is 23.5. The van der Waals surface area contributed by atoms with Crippen LogP contribution in [-0.2, 0) is 16.7 Å². The molecule has 2 bridgehead atoms. The molecule has 2 amide bonds. The molecule has 2 aliphatic heterocycles. The van der Waals surface area contributed by atoms with Gasteiger partial charge in [-0.1, -0.05) is 57.2 Å². The molecule has 7 nitrogen and oxygen atoms in total. The lowest BCUT2D eigenvalue weighted by Gasteiger charge is -2.23. The fraction of sp³-hybridized carbons (Fsp3) is 0.333. The monoisotopic (exact) mass is 536 g/mol. The van der Waals surface area contributed by atoms with Gasteiger partial charge < -0.3 is 20.1 Å². The molecule has 0 aliphatic carbocycles. The van der Waals surface area contributed by atoms with Crippen molar-refractivity contribution in [3.8, 4) is 16.9 Å². The predicted octanol–water partition coefficient (Wildman–Crippen LogP) is 7.17. The molecule has 7 heteroatoms. The van der Waals surface area contributed by atoms with E-state index < -0.39 is 0 Å². The van der Waals surface area contributed by atoms with Gasteiger partial charge in [0.2, 0.25) is 0 Å². The SMILES string of the molecule is COc1ccc(C(C)(C)C)cc1NC(=O)Nc1cccc2ccc(-c3ccc(CN4CC5CCC4O5)nc3)cc12. The van der Waals surface area contributed by atoms with Crippen molar-refractivity contribution in [1.82, 2.24) is 9.88 Å². The fourth-order valence-electron chi connectivity index (χ4n) is 5.64. The van der Waals surface area contributed by atoms with Crippen LogP contribution in [0.3, 0.4) is 0 Å². The summed E-state index contributed by atoms with van der Waals surface area (Å²) in [5.74, 6) is 0.615. The van der Waals surface area contributed by atoms with E-state index in [1.807, 2.05) is 42.6 Å². The molecule has 0 radical (unpaired) electrons. The summed E-state index contributed by atoms with van der Waals surface area (Å²) >= 11 is 0. The van der Waals surface area contributed by atoms with Crippen LogP contribution in [0.15, 0.2) is 72.9 Å². The van der Waals surface area contributed by atoms with Crippen LogP contribution in [0, 0.1) is 0 Å². The van der Waals surface area contributed by atoms with Gasteiger partial charge >= 0.3 is 6.03 Å². The Morgan fingerprint density at radius 1 is 1.00 bits per heavy atom. The number of fused-ring (bicyclic) bond motifs is 3. The highest BCUT2D eigenvalue weighted by Gasteiger charge is 2.38. The summed E-state index contributed by atoms with van der Waals surface area (Å²) in [6, 6.07) is 22.0. The van der Waals surface area contributed by atoms with Gasteiger partial charge in [-0.2, -0.15) is 0 Å². The standard InChI is InChI=1S/C33H36N4O3/c1-33(2,3)24-11-14-30(39-4)29(17-24)36-32(38)35-28-7-5-6-21-8-9-22(16-27(21)28)23-10-12-25(34-18-23)19-37-20-26-13-15-31(37)40-26/h5-12,14,16-18,26,31H,13,15,19-20H2,1-4H3,(H2,35,36,38). The number of carbonyl (C=O) groups is 1. The van der Waals surface area contributed by atoms with Crippen molar-refractivity contribution < 1.29 is 14.3 Å². The fourth-order valence-corrected chi connectivity index (χ4v) is 5.64. The zero-order chi connectivity index (χ0) is 27.9. The predicted molar refractivity (Wildman–Crippen MR) is 160 cm³/mol. The molecule has 2 unspecified atom stereocenters. The summed E-state index contributed by atoms with van der Waals surface area (Å²) in [7, 11) is 1.60. The molecular weight excluding hydrogens is 500 g/mol. The van der Waals surface area contributed by atoms with Gasteiger partial charge in [0.1, 0.15) is 12.0 Å². The second-order valence-corrected chi connectivity index (χ2v) is 11.7. The number of methoxy groups -OCH3 is 1. The number of aromatic nitrogens is 1. The molecule has 2 atom stereocenters. The van der Waals surface area contributed by atoms with Crippen LogP contribution in [0.25, 0.3) is 21.9 Å². The Morgan fingerprint density at radius 3 is 2.52 bits per heavy atom. The van der Waals surface area contributed by atoms with E-state index in [-0.39, 0.29) is 17.7 Å². The Labute approximate surface area is 235 Å². The maximum absolute atomic E-state index is 13.1. The van der Waals surface area contributed by atoms with Crippen molar-refractivity contribution in [2.45, 2.75) is 57.9 Å². The number of carbonyl (C=O) groups excluding carboxylic acids is 1. The third-order valence-electron chi connectivity index (χ3n) is 7.90. The maximum Gasteiger partial charge on any atom is 0.323 e. The Bertz CT molecular complexity index is 1540. The summed E-state index contributed by atoms with van der Waals surface area (Å²) in [6.45, 7) is 8.23. The molecule has 40 heavy (non-hydrogen) atoms. The van der Waals surface area contributed by atoms with Gasteiger partial charge in [0.05, 0.1) is 30.3 Å². The van der Waals surface area contributed by atoms with Crippen molar-refractivity contribution >= 4 is 28.2 Å². The number of ether oxygens (including phenoxy) is 2. The van der Waals surface area contributed by atoms with Crippen LogP contribution in [0.1, 0.15) is 44.9 Å². The molecule has 0 spiro atoms. The number of benzene rings is 3. The second-order valence-electron chi connectivity index (χ2n) is 11.7. The van der Waals surface area contributed by atoms with E-state index in [2.05, 4.69) is 66.6 Å². The number of likely N-dealkylation sites (tertiary alicyclic amines) is 1. The molecule has 4 aromatic rings. The van der Waals surface area contributed by atoms with Crippen molar-refractivity contribution in [3.63, 3.8) is 0 Å². The molecular formula is C33H36N4O3. The van der Waals surface area contributed by atoms with Gasteiger partial charge in [-0.25, -0.2) is 4.79 Å². The minimum absolute atomic E-state index is 0.0550. The number of urea groups is 1. The largest absolute Gasteiger partial charge is 0.495 e. The smallest absolute Gasteiger partial charge is 0.323 e. The number of hydrogen-bond donors (Lipinski definition) is 2. The summed E-state index contributed by atoms with van der Waals surface area (Å²) in [5, 5.41) is 8.03. The topological polar surface area (TPSA) is 75.7 Å². The Kier molecular flexibility index (Phi) is 6.94. The first kappa shape index (κ1) is 26.3. The maximum atomic E-state index is 13.1. The number of anilines is 2. The first-order valence-corrected chi connectivity index (χ1v) is 13.9. The van der Waals surface area contributed by atoms with E-state index in [4.69, 9.17) is 14.5 Å². The lowest BCUT2D eigenvalue weighted by molar-refractivity contribution is 0.0435. The van der Waals surface area contributed by atoms with Gasteiger partial charge in [-0.15, -0.1) is 0 Å². The quantitative estimate of drug-likeness (QED) is 0.273. The average molecular weight is 537 g/mol. The summed E-state index contributed by atoms with van der Waals surface area (Å²) < 4.78 is 11.5. The van der Waals surface area contributed by atoms with E-state index in [0.717, 1.165) is 58.4 Å². The van der Waals surface area contributed by atoms with Gasteiger partial charge in [0.15, 0.2) is 0 Å². The minimum Gasteiger partial charge on any atom is -0.495 e. The number of piperidine rings is 1. The number of nitrogens with zero attached hydrogens (tertiary/aromatic N) is 2. The number of amides is 2. The number of pyridine rings is 1.